The fourth-order valence-electron chi connectivity index (χ4n) is 2.57. The number of rotatable bonds is 12. The molecule has 0 bridgehead atoms. The molecule has 0 saturated heterocycles. The highest BCUT2D eigenvalue weighted by Crippen LogP contribution is 2.21. The van der Waals surface area contributed by atoms with Gasteiger partial charge in [-0.15, -0.1) is 0 Å². The standard InChI is InChI=1S/C21H32N2O8S/c1-5-17-9-6-7-10-18(17)19(25)30-31-20(26)23-13-11-21(3,4)15-29-32(27,28)14-8-12-22-16(2)24/h6-7,9-10H,5,8,11-15H2,1-4H3,(H,22,24)(H,23,26). The predicted octanol–water partition coefficient (Wildman–Crippen LogP) is 2.34. The van der Waals surface area contributed by atoms with Crippen molar-refractivity contribution in [1.82, 2.24) is 10.6 Å². The van der Waals surface area contributed by atoms with E-state index in [1.807, 2.05) is 6.92 Å². The van der Waals surface area contributed by atoms with Gasteiger partial charge in [0.1, 0.15) is 0 Å². The second kappa shape index (κ2) is 13.0. The normalized spacial score (nSPS) is 11.5. The molecule has 1 aromatic rings. The predicted molar refractivity (Wildman–Crippen MR) is 117 cm³/mol. The molecule has 0 radical (unpaired) electrons. The third kappa shape index (κ3) is 11.1. The average Bonchev–Trinajstić information content (AvgIpc) is 2.73. The summed E-state index contributed by atoms with van der Waals surface area (Å²) in [5, 5.41) is 4.96. The van der Waals surface area contributed by atoms with Crippen LogP contribution in [0.5, 0.6) is 0 Å². The van der Waals surface area contributed by atoms with Crippen LogP contribution >= 0.6 is 0 Å². The number of benzene rings is 1. The molecule has 0 aliphatic rings. The smallest absolute Gasteiger partial charge is 0.356 e. The van der Waals surface area contributed by atoms with E-state index in [1.165, 1.54) is 6.92 Å². The quantitative estimate of drug-likeness (QED) is 0.205. The van der Waals surface area contributed by atoms with Gasteiger partial charge in [-0.2, -0.15) is 8.42 Å². The number of nitrogens with one attached hydrogen (secondary N) is 2. The summed E-state index contributed by atoms with van der Waals surface area (Å²) in [4.78, 5) is 43.7. The molecule has 0 aromatic heterocycles. The van der Waals surface area contributed by atoms with Gasteiger partial charge in [0.15, 0.2) is 0 Å². The minimum Gasteiger partial charge on any atom is -0.356 e. The maximum absolute atomic E-state index is 12.0. The van der Waals surface area contributed by atoms with Crippen molar-refractivity contribution in [2.24, 2.45) is 5.41 Å². The van der Waals surface area contributed by atoms with Gasteiger partial charge >= 0.3 is 12.1 Å². The number of hydrogen-bond acceptors (Lipinski definition) is 8. The van der Waals surface area contributed by atoms with Gasteiger partial charge in [-0.3, -0.25) is 8.98 Å². The first kappa shape index (κ1) is 27.4. The molecule has 0 aliphatic heterocycles. The zero-order chi connectivity index (χ0) is 24.2. The molecule has 1 rings (SSSR count). The third-order valence-electron chi connectivity index (χ3n) is 4.46. The molecule has 32 heavy (non-hydrogen) atoms. The maximum Gasteiger partial charge on any atom is 0.450 e. The van der Waals surface area contributed by atoms with Gasteiger partial charge in [-0.1, -0.05) is 39.0 Å². The summed E-state index contributed by atoms with van der Waals surface area (Å²) >= 11 is 0. The zero-order valence-electron chi connectivity index (χ0n) is 18.9. The second-order valence-corrected chi connectivity index (χ2v) is 9.71. The molecule has 0 saturated carbocycles. The van der Waals surface area contributed by atoms with Crippen LogP contribution in [0.25, 0.3) is 0 Å². The van der Waals surface area contributed by atoms with Crippen molar-refractivity contribution < 1.29 is 36.8 Å². The Morgan fingerprint density at radius 2 is 1.72 bits per heavy atom. The van der Waals surface area contributed by atoms with Gasteiger partial charge in [-0.05, 0) is 36.3 Å². The first-order chi connectivity index (χ1) is 15.0. The molecule has 0 heterocycles. The Kier molecular flexibility index (Phi) is 11.1. The number of carbonyl (C=O) groups excluding carboxylic acids is 3. The fourth-order valence-corrected chi connectivity index (χ4v) is 3.69. The van der Waals surface area contributed by atoms with Gasteiger partial charge in [0, 0.05) is 20.0 Å². The molecular weight excluding hydrogens is 440 g/mol. The SMILES string of the molecule is CCc1ccccc1C(=O)OOC(=O)NCCC(C)(C)COS(=O)(=O)CCCNC(C)=O. The van der Waals surface area contributed by atoms with E-state index in [0.717, 1.165) is 5.56 Å². The molecule has 11 heteroatoms. The van der Waals surface area contributed by atoms with E-state index in [0.29, 0.717) is 18.4 Å². The highest BCUT2D eigenvalue weighted by atomic mass is 32.2. The van der Waals surface area contributed by atoms with Crippen LogP contribution in [0.1, 0.15) is 56.5 Å². The van der Waals surface area contributed by atoms with Gasteiger partial charge in [0.05, 0.1) is 17.9 Å². The van der Waals surface area contributed by atoms with Crippen LogP contribution < -0.4 is 10.6 Å². The first-order valence-electron chi connectivity index (χ1n) is 10.3. The average molecular weight is 473 g/mol. The summed E-state index contributed by atoms with van der Waals surface area (Å²) in [5.41, 5.74) is 0.530. The summed E-state index contributed by atoms with van der Waals surface area (Å²) < 4.78 is 28.9. The fraction of sp³-hybridized carbons (Fsp3) is 0.571. The van der Waals surface area contributed by atoms with Crippen molar-refractivity contribution >= 4 is 28.1 Å². The zero-order valence-corrected chi connectivity index (χ0v) is 19.7. The van der Waals surface area contributed by atoms with Gasteiger partial charge < -0.3 is 10.6 Å². The molecular formula is C21H32N2O8S. The first-order valence-corrected chi connectivity index (χ1v) is 11.9. The summed E-state index contributed by atoms with van der Waals surface area (Å²) in [7, 11) is -3.73. The Balaban J connectivity index is 2.33. The maximum atomic E-state index is 12.0. The van der Waals surface area contributed by atoms with Gasteiger partial charge in [0.25, 0.3) is 10.1 Å². The van der Waals surface area contributed by atoms with Gasteiger partial charge in [0.2, 0.25) is 5.91 Å². The second-order valence-electron chi connectivity index (χ2n) is 7.95. The van der Waals surface area contributed by atoms with E-state index < -0.39 is 27.6 Å². The number of amides is 2. The van der Waals surface area contributed by atoms with Gasteiger partial charge in [-0.25, -0.2) is 19.4 Å². The van der Waals surface area contributed by atoms with E-state index in [2.05, 4.69) is 20.4 Å². The lowest BCUT2D eigenvalue weighted by atomic mass is 9.91. The Labute approximate surface area is 189 Å². The molecule has 180 valence electrons. The Morgan fingerprint density at radius 3 is 2.38 bits per heavy atom. The highest BCUT2D eigenvalue weighted by molar-refractivity contribution is 7.86. The van der Waals surface area contributed by atoms with Crippen LogP contribution in [-0.2, 0) is 35.3 Å². The lowest BCUT2D eigenvalue weighted by molar-refractivity contribution is -0.183. The summed E-state index contributed by atoms with van der Waals surface area (Å²) in [6.07, 6.45) is 0.321. The topological polar surface area (TPSA) is 137 Å². The minimum absolute atomic E-state index is 0.0744. The molecule has 0 aliphatic carbocycles. The highest BCUT2D eigenvalue weighted by Gasteiger charge is 2.23. The number of carbonyl (C=O) groups is 3. The number of hydrogen-bond donors (Lipinski definition) is 2. The molecule has 0 spiro atoms. The summed E-state index contributed by atoms with van der Waals surface area (Å²) in [6, 6.07) is 6.85. The minimum atomic E-state index is -3.73. The molecule has 1 aromatic carbocycles. The van der Waals surface area contributed by atoms with E-state index >= 15 is 0 Å². The van der Waals surface area contributed by atoms with Crippen LogP contribution in [0.2, 0.25) is 0 Å². The van der Waals surface area contributed by atoms with Crippen molar-refractivity contribution in [3.63, 3.8) is 0 Å². The molecule has 2 N–H and O–H groups in total. The van der Waals surface area contributed by atoms with Crippen molar-refractivity contribution in [1.29, 1.82) is 0 Å². The third-order valence-corrected chi connectivity index (χ3v) is 5.72. The van der Waals surface area contributed by atoms with E-state index in [-0.39, 0.29) is 37.8 Å². The Hall–Kier alpha value is -2.66. The van der Waals surface area contributed by atoms with E-state index in [4.69, 9.17) is 4.18 Å². The summed E-state index contributed by atoms with van der Waals surface area (Å²) in [5.74, 6) is -1.20. The van der Waals surface area contributed by atoms with Crippen molar-refractivity contribution in [2.75, 3.05) is 25.4 Å². The van der Waals surface area contributed by atoms with Crippen LogP contribution in [0, 0.1) is 5.41 Å². The Morgan fingerprint density at radius 1 is 1.03 bits per heavy atom. The van der Waals surface area contributed by atoms with Crippen LogP contribution in [0.3, 0.4) is 0 Å². The van der Waals surface area contributed by atoms with Crippen molar-refractivity contribution in [3.8, 4) is 0 Å². The molecule has 2 amide bonds. The van der Waals surface area contributed by atoms with Crippen LogP contribution in [0.15, 0.2) is 24.3 Å². The number of aryl methyl sites for hydroxylation is 1. The molecule has 0 fully saturated rings. The monoisotopic (exact) mass is 472 g/mol. The Bertz CT molecular complexity index is 884. The molecule has 0 atom stereocenters. The van der Waals surface area contributed by atoms with Crippen molar-refractivity contribution in [3.05, 3.63) is 35.4 Å². The molecule has 10 nitrogen and oxygen atoms in total. The van der Waals surface area contributed by atoms with E-state index in [1.54, 1.807) is 38.1 Å². The van der Waals surface area contributed by atoms with E-state index in [9.17, 15) is 22.8 Å². The van der Waals surface area contributed by atoms with Crippen LogP contribution in [-0.4, -0.2) is 51.8 Å². The van der Waals surface area contributed by atoms with Crippen LogP contribution in [0.4, 0.5) is 4.79 Å². The van der Waals surface area contributed by atoms with Crippen molar-refractivity contribution in [2.45, 2.75) is 47.0 Å². The molecule has 0 unspecified atom stereocenters. The largest absolute Gasteiger partial charge is 0.450 e. The summed E-state index contributed by atoms with van der Waals surface area (Å²) in [6.45, 7) is 7.15. The lowest BCUT2D eigenvalue weighted by Crippen LogP contribution is -2.32. The lowest BCUT2D eigenvalue weighted by Gasteiger charge is -2.24.